The van der Waals surface area contributed by atoms with Gasteiger partial charge in [-0.2, -0.15) is 28.6 Å². The van der Waals surface area contributed by atoms with Crippen molar-refractivity contribution >= 4 is 17.5 Å². The number of carbonyl (C=O) groups excluding carboxylic acids is 1. The molecule has 1 amide bonds. The Bertz CT molecular complexity index is 957. The predicted molar refractivity (Wildman–Crippen MR) is 84.7 cm³/mol. The van der Waals surface area contributed by atoms with E-state index in [9.17, 15) is 18.0 Å². The molecule has 0 unspecified atom stereocenters. The molecule has 0 saturated heterocycles. The molecule has 0 aliphatic carbocycles. The summed E-state index contributed by atoms with van der Waals surface area (Å²) in [7, 11) is 0. The highest BCUT2D eigenvalue weighted by Gasteiger charge is 2.31. The molecule has 11 heteroatoms. The molecule has 26 heavy (non-hydrogen) atoms. The van der Waals surface area contributed by atoms with Crippen LogP contribution in [0.3, 0.4) is 0 Å². The molecule has 0 bridgehead atoms. The van der Waals surface area contributed by atoms with Crippen LogP contribution >= 0.6 is 11.6 Å². The number of aromatic nitrogens is 4. The van der Waals surface area contributed by atoms with Crippen LogP contribution in [0.5, 0.6) is 11.6 Å². The number of amides is 1. The Morgan fingerprint density at radius 3 is 2.46 bits per heavy atom. The number of nitrogens with two attached hydrogens (primary N) is 1. The Kier molecular flexibility index (Phi) is 4.51. The van der Waals surface area contributed by atoms with Crippen LogP contribution in [-0.4, -0.2) is 26.3 Å². The Labute approximate surface area is 148 Å². The first kappa shape index (κ1) is 17.7. The van der Waals surface area contributed by atoms with Gasteiger partial charge in [0.15, 0.2) is 5.69 Å². The Morgan fingerprint density at radius 2 is 1.88 bits per heavy atom. The minimum Gasteiger partial charge on any atom is -0.438 e. The van der Waals surface area contributed by atoms with Crippen LogP contribution in [0.15, 0.2) is 36.5 Å². The Morgan fingerprint density at radius 1 is 1.19 bits per heavy atom. The summed E-state index contributed by atoms with van der Waals surface area (Å²) in [6.45, 7) is 0. The molecular formula is C15H9ClF3N5O2. The number of benzene rings is 1. The predicted octanol–water partition coefficient (Wildman–Crippen LogP) is 3.43. The first-order valence-corrected chi connectivity index (χ1v) is 7.35. The van der Waals surface area contributed by atoms with Crippen LogP contribution in [0, 0.1) is 0 Å². The van der Waals surface area contributed by atoms with Crippen molar-refractivity contribution in [2.45, 2.75) is 6.18 Å². The van der Waals surface area contributed by atoms with Crippen LogP contribution in [0.4, 0.5) is 13.2 Å². The molecule has 3 aromatic rings. The van der Waals surface area contributed by atoms with Gasteiger partial charge in [0.25, 0.3) is 5.91 Å². The summed E-state index contributed by atoms with van der Waals surface area (Å²) in [6.07, 6.45) is -3.92. The lowest BCUT2D eigenvalue weighted by molar-refractivity contribution is -0.137. The number of pyridine rings is 1. The lowest BCUT2D eigenvalue weighted by atomic mass is 10.1. The average Bonchev–Trinajstić information content (AvgIpc) is 3.06. The van der Waals surface area contributed by atoms with Gasteiger partial charge in [-0.3, -0.25) is 4.79 Å². The minimum absolute atomic E-state index is 0.0221. The number of aromatic amines is 1. The molecule has 2 aromatic heterocycles. The van der Waals surface area contributed by atoms with Crippen LogP contribution in [-0.2, 0) is 6.18 Å². The molecule has 0 fully saturated rings. The summed E-state index contributed by atoms with van der Waals surface area (Å²) in [5.74, 6) is -0.645. The average molecular weight is 384 g/mol. The second kappa shape index (κ2) is 6.64. The maximum atomic E-state index is 12.6. The zero-order valence-electron chi connectivity index (χ0n) is 12.7. The van der Waals surface area contributed by atoms with Crippen molar-refractivity contribution in [1.82, 2.24) is 20.4 Å². The van der Waals surface area contributed by atoms with Gasteiger partial charge < -0.3 is 10.5 Å². The molecule has 0 radical (unpaired) electrons. The van der Waals surface area contributed by atoms with E-state index in [2.05, 4.69) is 20.4 Å². The normalized spacial score (nSPS) is 11.4. The number of alkyl halides is 3. The molecule has 134 valence electrons. The summed E-state index contributed by atoms with van der Waals surface area (Å²) in [6, 6.07) is 6.87. The van der Waals surface area contributed by atoms with E-state index in [1.54, 1.807) is 12.1 Å². The van der Waals surface area contributed by atoms with Crippen molar-refractivity contribution in [3.8, 4) is 22.9 Å². The number of primary amides is 1. The number of nitrogens with one attached hydrogen (secondary N) is 1. The Balaban J connectivity index is 1.82. The number of ether oxygens (including phenoxy) is 1. The SMILES string of the molecule is NC(=O)c1n[nH]nc1-c1ccc(Oc2ncc(C(F)(F)F)cc2Cl)cc1. The highest BCUT2D eigenvalue weighted by Crippen LogP contribution is 2.35. The molecule has 3 N–H and O–H groups in total. The maximum Gasteiger partial charge on any atom is 0.417 e. The third-order valence-corrected chi connectivity index (χ3v) is 3.53. The van der Waals surface area contributed by atoms with Gasteiger partial charge in [0, 0.05) is 11.8 Å². The number of carbonyl (C=O) groups is 1. The monoisotopic (exact) mass is 383 g/mol. The third kappa shape index (κ3) is 3.59. The highest BCUT2D eigenvalue weighted by atomic mass is 35.5. The van der Waals surface area contributed by atoms with Gasteiger partial charge in [-0.25, -0.2) is 4.98 Å². The fourth-order valence-corrected chi connectivity index (χ4v) is 2.26. The molecule has 0 saturated carbocycles. The van der Waals surface area contributed by atoms with Gasteiger partial charge in [-0.1, -0.05) is 11.6 Å². The summed E-state index contributed by atoms with van der Waals surface area (Å²) < 4.78 is 43.2. The molecule has 7 nitrogen and oxygen atoms in total. The molecule has 1 aromatic carbocycles. The summed E-state index contributed by atoms with van der Waals surface area (Å²) >= 11 is 5.79. The van der Waals surface area contributed by atoms with Crippen LogP contribution in [0.1, 0.15) is 16.1 Å². The van der Waals surface area contributed by atoms with Gasteiger partial charge in [-0.15, -0.1) is 0 Å². The summed E-state index contributed by atoms with van der Waals surface area (Å²) in [5, 5.41) is 9.54. The first-order valence-electron chi connectivity index (χ1n) is 6.97. The van der Waals surface area contributed by atoms with E-state index in [1.165, 1.54) is 12.1 Å². The van der Waals surface area contributed by atoms with Crippen molar-refractivity contribution < 1.29 is 22.7 Å². The lowest BCUT2D eigenvalue weighted by Crippen LogP contribution is -2.12. The molecule has 0 aliphatic rings. The first-order chi connectivity index (χ1) is 12.3. The second-order valence-corrected chi connectivity index (χ2v) is 5.43. The maximum absolute atomic E-state index is 12.6. The number of H-pyrrole nitrogens is 1. The van der Waals surface area contributed by atoms with Crippen LogP contribution < -0.4 is 10.5 Å². The van der Waals surface area contributed by atoms with E-state index in [1.807, 2.05) is 0 Å². The Hall–Kier alpha value is -3.14. The topological polar surface area (TPSA) is 107 Å². The second-order valence-electron chi connectivity index (χ2n) is 5.02. The molecular weight excluding hydrogens is 375 g/mol. The van der Waals surface area contributed by atoms with E-state index in [0.717, 1.165) is 6.07 Å². The van der Waals surface area contributed by atoms with Gasteiger partial charge in [0.2, 0.25) is 5.88 Å². The van der Waals surface area contributed by atoms with Gasteiger partial charge in [-0.05, 0) is 30.3 Å². The zero-order valence-corrected chi connectivity index (χ0v) is 13.5. The molecule has 0 atom stereocenters. The quantitative estimate of drug-likeness (QED) is 0.717. The van der Waals surface area contributed by atoms with E-state index in [0.29, 0.717) is 11.8 Å². The van der Waals surface area contributed by atoms with Crippen molar-refractivity contribution in [2.75, 3.05) is 0 Å². The smallest absolute Gasteiger partial charge is 0.417 e. The third-order valence-electron chi connectivity index (χ3n) is 3.26. The molecule has 2 heterocycles. The van der Waals surface area contributed by atoms with E-state index in [4.69, 9.17) is 22.1 Å². The van der Waals surface area contributed by atoms with Gasteiger partial charge >= 0.3 is 6.18 Å². The van der Waals surface area contributed by atoms with Crippen molar-refractivity contribution in [1.29, 1.82) is 0 Å². The zero-order chi connectivity index (χ0) is 18.9. The van der Waals surface area contributed by atoms with Crippen LogP contribution in [0.2, 0.25) is 5.02 Å². The fourth-order valence-electron chi connectivity index (χ4n) is 2.05. The number of nitrogens with zero attached hydrogens (tertiary/aromatic N) is 3. The lowest BCUT2D eigenvalue weighted by Gasteiger charge is -2.10. The van der Waals surface area contributed by atoms with E-state index in [-0.39, 0.29) is 28.0 Å². The van der Waals surface area contributed by atoms with Gasteiger partial charge in [0.05, 0.1) is 5.56 Å². The minimum atomic E-state index is -4.55. The van der Waals surface area contributed by atoms with Crippen molar-refractivity contribution in [2.24, 2.45) is 5.73 Å². The summed E-state index contributed by atoms with van der Waals surface area (Å²) in [5.41, 5.74) is 4.99. The molecule has 0 spiro atoms. The number of halogens is 4. The number of rotatable bonds is 4. The van der Waals surface area contributed by atoms with Gasteiger partial charge in [0.1, 0.15) is 16.5 Å². The number of hydrogen-bond donors (Lipinski definition) is 2. The number of hydrogen-bond acceptors (Lipinski definition) is 5. The van der Waals surface area contributed by atoms with E-state index < -0.39 is 17.6 Å². The van der Waals surface area contributed by atoms with E-state index >= 15 is 0 Å². The molecule has 3 rings (SSSR count). The largest absolute Gasteiger partial charge is 0.438 e. The molecule has 0 aliphatic heterocycles. The van der Waals surface area contributed by atoms with Crippen molar-refractivity contribution in [3.63, 3.8) is 0 Å². The van der Waals surface area contributed by atoms with Crippen molar-refractivity contribution in [3.05, 3.63) is 52.8 Å². The standard InChI is InChI=1S/C15H9ClF3N5O2/c16-10-5-8(15(17,18)19)6-21-14(10)26-9-3-1-7(2-4-9)11-12(13(20)25)23-24-22-11/h1-6H,(H2,20,25)(H,22,23,24). The van der Waals surface area contributed by atoms with Crippen LogP contribution in [0.25, 0.3) is 11.3 Å². The fraction of sp³-hybridized carbons (Fsp3) is 0.0667. The highest BCUT2D eigenvalue weighted by molar-refractivity contribution is 6.31. The summed E-state index contributed by atoms with van der Waals surface area (Å²) in [4.78, 5) is 14.9.